The number of nitrogens with zero attached hydrogens (tertiary/aromatic N) is 5. The van der Waals surface area contributed by atoms with Gasteiger partial charge in [-0.1, -0.05) is 36.4 Å². The van der Waals surface area contributed by atoms with Gasteiger partial charge in [0.1, 0.15) is 22.7 Å². The predicted molar refractivity (Wildman–Crippen MR) is 115 cm³/mol. The smallest absolute Gasteiger partial charge is 0.223 e. The van der Waals surface area contributed by atoms with Gasteiger partial charge >= 0.3 is 0 Å². The first kappa shape index (κ1) is 17.5. The molecule has 7 heteroatoms. The van der Waals surface area contributed by atoms with Crippen LogP contribution in [0, 0.1) is 5.82 Å². The number of furan rings is 1. The van der Waals surface area contributed by atoms with Crippen LogP contribution in [0.5, 0.6) is 0 Å². The Bertz CT molecular complexity index is 1550. The van der Waals surface area contributed by atoms with Crippen molar-refractivity contribution in [2.45, 2.75) is 0 Å². The Balaban J connectivity index is 1.51. The molecule has 0 spiro atoms. The summed E-state index contributed by atoms with van der Waals surface area (Å²) in [6, 6.07) is 23.8. The van der Waals surface area contributed by atoms with E-state index in [1.54, 1.807) is 12.3 Å². The molecule has 0 bridgehead atoms. The Morgan fingerprint density at radius 2 is 1.71 bits per heavy atom. The van der Waals surface area contributed by atoms with Crippen LogP contribution in [0.4, 0.5) is 4.39 Å². The van der Waals surface area contributed by atoms with Gasteiger partial charge in [0.2, 0.25) is 5.82 Å². The molecule has 0 atom stereocenters. The van der Waals surface area contributed by atoms with Gasteiger partial charge in [-0.25, -0.2) is 4.39 Å². The molecule has 6 nitrogen and oxygen atoms in total. The van der Waals surface area contributed by atoms with Crippen molar-refractivity contribution in [1.82, 2.24) is 25.2 Å². The molecule has 0 fully saturated rings. The van der Waals surface area contributed by atoms with Crippen LogP contribution in [0.15, 0.2) is 89.5 Å². The minimum atomic E-state index is -0.394. The lowest BCUT2D eigenvalue weighted by Gasteiger charge is -2.07. The Morgan fingerprint density at radius 3 is 2.61 bits per heavy atom. The molecular weight excluding hydrogens is 393 g/mol. The summed E-state index contributed by atoms with van der Waals surface area (Å²) in [6.45, 7) is 0. The second-order valence-corrected chi connectivity index (χ2v) is 7.09. The Labute approximate surface area is 175 Å². The van der Waals surface area contributed by atoms with Crippen LogP contribution >= 0.6 is 0 Å². The van der Waals surface area contributed by atoms with Crippen molar-refractivity contribution in [2.24, 2.45) is 0 Å². The second kappa shape index (κ2) is 6.84. The van der Waals surface area contributed by atoms with Gasteiger partial charge in [0.25, 0.3) is 0 Å². The lowest BCUT2D eigenvalue weighted by molar-refractivity contribution is 0.621. The highest BCUT2D eigenvalue weighted by molar-refractivity contribution is 6.12. The average Bonchev–Trinajstić information content (AvgIpc) is 3.44. The van der Waals surface area contributed by atoms with Gasteiger partial charge in [0.05, 0.1) is 5.69 Å². The summed E-state index contributed by atoms with van der Waals surface area (Å²) in [5, 5.41) is 14.4. The van der Waals surface area contributed by atoms with E-state index in [-0.39, 0.29) is 0 Å². The van der Waals surface area contributed by atoms with E-state index in [1.165, 1.54) is 16.9 Å². The maximum Gasteiger partial charge on any atom is 0.223 e. The largest absolute Gasteiger partial charge is 0.456 e. The maximum absolute atomic E-state index is 14.6. The van der Waals surface area contributed by atoms with Crippen molar-refractivity contribution in [3.8, 4) is 28.3 Å². The molecule has 0 saturated heterocycles. The second-order valence-electron chi connectivity index (χ2n) is 7.09. The van der Waals surface area contributed by atoms with Gasteiger partial charge in [0, 0.05) is 23.0 Å². The fourth-order valence-electron chi connectivity index (χ4n) is 3.78. The molecule has 0 aliphatic rings. The molecule has 0 radical (unpaired) electrons. The quantitative estimate of drug-likeness (QED) is 0.391. The SMILES string of the molecule is Fc1cc(-c2cccc3oc4ccccc4c23)cc(-n2nnc(-c3ccccn3)n2)c1. The van der Waals surface area contributed by atoms with Gasteiger partial charge in [-0.2, -0.15) is 0 Å². The molecule has 6 aromatic rings. The van der Waals surface area contributed by atoms with E-state index in [0.29, 0.717) is 22.8 Å². The highest BCUT2D eigenvalue weighted by Crippen LogP contribution is 2.37. The molecule has 3 heterocycles. The Morgan fingerprint density at radius 1 is 0.839 bits per heavy atom. The molecule has 148 valence electrons. The van der Waals surface area contributed by atoms with E-state index >= 15 is 0 Å². The van der Waals surface area contributed by atoms with E-state index < -0.39 is 5.82 Å². The molecule has 0 saturated carbocycles. The normalized spacial score (nSPS) is 11.4. The van der Waals surface area contributed by atoms with Crippen LogP contribution in [-0.2, 0) is 0 Å². The highest BCUT2D eigenvalue weighted by atomic mass is 19.1. The van der Waals surface area contributed by atoms with Crippen LogP contribution in [0.2, 0.25) is 0 Å². The topological polar surface area (TPSA) is 69.6 Å². The third-order valence-corrected chi connectivity index (χ3v) is 5.13. The summed E-state index contributed by atoms with van der Waals surface area (Å²) in [5.74, 6) is -0.0247. The number of para-hydroxylation sites is 1. The maximum atomic E-state index is 14.6. The predicted octanol–water partition coefficient (Wildman–Crippen LogP) is 5.43. The number of aromatic nitrogens is 5. The monoisotopic (exact) mass is 407 g/mol. The number of pyridine rings is 1. The first-order valence-electron chi connectivity index (χ1n) is 9.69. The summed E-state index contributed by atoms with van der Waals surface area (Å²) in [5.41, 5.74) is 4.17. The third-order valence-electron chi connectivity index (χ3n) is 5.13. The number of fused-ring (bicyclic) bond motifs is 3. The van der Waals surface area contributed by atoms with Crippen LogP contribution in [0.25, 0.3) is 50.3 Å². The lowest BCUT2D eigenvalue weighted by Crippen LogP contribution is -2.00. The van der Waals surface area contributed by atoms with E-state index in [1.807, 2.05) is 60.7 Å². The molecule has 3 aromatic carbocycles. The molecule has 0 amide bonds. The van der Waals surface area contributed by atoms with Crippen LogP contribution in [-0.4, -0.2) is 25.2 Å². The number of tetrazole rings is 1. The lowest BCUT2D eigenvalue weighted by atomic mass is 9.99. The molecule has 6 rings (SSSR count). The van der Waals surface area contributed by atoms with E-state index in [0.717, 1.165) is 27.5 Å². The number of hydrogen-bond donors (Lipinski definition) is 0. The fraction of sp³-hybridized carbons (Fsp3) is 0. The van der Waals surface area contributed by atoms with Crippen molar-refractivity contribution >= 4 is 21.9 Å². The molecular formula is C24H14FN5O. The van der Waals surface area contributed by atoms with Crippen LogP contribution in [0.1, 0.15) is 0 Å². The zero-order chi connectivity index (χ0) is 20.8. The van der Waals surface area contributed by atoms with Gasteiger partial charge in [-0.05, 0) is 52.7 Å². The summed E-state index contributed by atoms with van der Waals surface area (Å²) in [6.07, 6.45) is 1.66. The Hall–Kier alpha value is -4.39. The van der Waals surface area contributed by atoms with Crippen molar-refractivity contribution in [2.75, 3.05) is 0 Å². The summed E-state index contributed by atoms with van der Waals surface area (Å²) < 4.78 is 20.6. The molecule has 0 unspecified atom stereocenters. The number of rotatable bonds is 3. The zero-order valence-corrected chi connectivity index (χ0v) is 16.1. The minimum Gasteiger partial charge on any atom is -0.456 e. The molecule has 0 aliphatic carbocycles. The van der Waals surface area contributed by atoms with Gasteiger partial charge < -0.3 is 4.42 Å². The van der Waals surface area contributed by atoms with Gasteiger partial charge in [0.15, 0.2) is 0 Å². The highest BCUT2D eigenvalue weighted by Gasteiger charge is 2.15. The molecule has 3 aromatic heterocycles. The number of benzene rings is 3. The van der Waals surface area contributed by atoms with Crippen LogP contribution < -0.4 is 0 Å². The fourth-order valence-corrected chi connectivity index (χ4v) is 3.78. The van der Waals surface area contributed by atoms with E-state index in [9.17, 15) is 4.39 Å². The van der Waals surface area contributed by atoms with Crippen molar-refractivity contribution in [3.05, 3.63) is 90.9 Å². The van der Waals surface area contributed by atoms with Crippen molar-refractivity contribution in [3.63, 3.8) is 0 Å². The van der Waals surface area contributed by atoms with E-state index in [4.69, 9.17) is 4.42 Å². The number of hydrogen-bond acceptors (Lipinski definition) is 5. The van der Waals surface area contributed by atoms with Crippen molar-refractivity contribution < 1.29 is 8.81 Å². The van der Waals surface area contributed by atoms with Crippen LogP contribution in [0.3, 0.4) is 0 Å². The number of halogens is 1. The van der Waals surface area contributed by atoms with Gasteiger partial charge in [-0.3, -0.25) is 4.98 Å². The molecule has 0 aliphatic heterocycles. The first-order chi connectivity index (χ1) is 15.3. The standard InChI is InChI=1S/C24H14FN5O/c25-16-12-15(18-7-5-10-22-23(18)19-6-1-2-9-21(19)31-22)13-17(14-16)30-28-24(27-29-30)20-8-3-4-11-26-20/h1-14H. The van der Waals surface area contributed by atoms with E-state index in [2.05, 4.69) is 20.4 Å². The summed E-state index contributed by atoms with van der Waals surface area (Å²) in [4.78, 5) is 5.54. The summed E-state index contributed by atoms with van der Waals surface area (Å²) in [7, 11) is 0. The molecule has 31 heavy (non-hydrogen) atoms. The Kier molecular flexibility index (Phi) is 3.86. The first-order valence-corrected chi connectivity index (χ1v) is 9.69. The van der Waals surface area contributed by atoms with Gasteiger partial charge in [-0.15, -0.1) is 15.0 Å². The third kappa shape index (κ3) is 2.95. The average molecular weight is 407 g/mol. The minimum absolute atomic E-state index is 0.370. The summed E-state index contributed by atoms with van der Waals surface area (Å²) >= 11 is 0. The van der Waals surface area contributed by atoms with Crippen molar-refractivity contribution in [1.29, 1.82) is 0 Å². The zero-order valence-electron chi connectivity index (χ0n) is 16.1. The molecule has 0 N–H and O–H groups in total.